The first-order valence-electron chi connectivity index (χ1n) is 7.03. The van der Waals surface area contributed by atoms with Gasteiger partial charge in [-0.25, -0.2) is 4.98 Å². The van der Waals surface area contributed by atoms with E-state index in [1.807, 2.05) is 38.1 Å². The molecule has 0 bridgehead atoms. The van der Waals surface area contributed by atoms with Crippen LogP contribution in [0.1, 0.15) is 24.4 Å². The number of thiazole rings is 1. The highest BCUT2D eigenvalue weighted by Gasteiger charge is 2.14. The molecule has 21 heavy (non-hydrogen) atoms. The van der Waals surface area contributed by atoms with Crippen molar-refractivity contribution in [3.05, 3.63) is 41.0 Å². The average molecular weight is 301 g/mol. The van der Waals surface area contributed by atoms with E-state index in [9.17, 15) is 0 Å². The number of ether oxygens (including phenoxy) is 1. The topological polar surface area (TPSA) is 52.5 Å². The van der Waals surface area contributed by atoms with Crippen LogP contribution in [0.3, 0.4) is 0 Å². The van der Waals surface area contributed by atoms with Crippen LogP contribution in [0.4, 0.5) is 0 Å². The fraction of sp³-hybridized carbons (Fsp3) is 0.312. The smallest absolute Gasteiger partial charge is 0.194 e. The molecule has 4 nitrogen and oxygen atoms in total. The molecule has 110 valence electrons. The minimum atomic E-state index is 0.177. The molecule has 2 aromatic heterocycles. The summed E-state index contributed by atoms with van der Waals surface area (Å²) in [5.41, 5.74) is 9.00. The van der Waals surface area contributed by atoms with Gasteiger partial charge < -0.3 is 10.5 Å². The second kappa shape index (κ2) is 5.50. The summed E-state index contributed by atoms with van der Waals surface area (Å²) in [4.78, 5) is 6.95. The van der Waals surface area contributed by atoms with Gasteiger partial charge in [-0.15, -0.1) is 11.3 Å². The average Bonchev–Trinajstić information content (AvgIpc) is 2.94. The van der Waals surface area contributed by atoms with E-state index in [2.05, 4.69) is 17.5 Å². The Morgan fingerprint density at radius 2 is 2.00 bits per heavy atom. The van der Waals surface area contributed by atoms with Crippen LogP contribution in [-0.4, -0.2) is 15.5 Å². The van der Waals surface area contributed by atoms with Crippen LogP contribution in [0.15, 0.2) is 30.5 Å². The molecule has 0 spiro atoms. The van der Waals surface area contributed by atoms with Gasteiger partial charge >= 0.3 is 0 Å². The van der Waals surface area contributed by atoms with Gasteiger partial charge in [-0.1, -0.05) is 0 Å². The van der Waals surface area contributed by atoms with E-state index in [4.69, 9.17) is 15.5 Å². The number of nitrogens with zero attached hydrogens (tertiary/aromatic N) is 2. The van der Waals surface area contributed by atoms with Gasteiger partial charge in [0.05, 0.1) is 17.5 Å². The molecule has 0 aliphatic carbocycles. The molecule has 0 atom stereocenters. The Balaban J connectivity index is 2.01. The van der Waals surface area contributed by atoms with Crippen molar-refractivity contribution in [1.82, 2.24) is 9.38 Å². The van der Waals surface area contributed by atoms with Crippen molar-refractivity contribution in [3.8, 4) is 17.0 Å². The summed E-state index contributed by atoms with van der Waals surface area (Å²) >= 11 is 1.68. The summed E-state index contributed by atoms with van der Waals surface area (Å²) in [5, 5.41) is 0. The van der Waals surface area contributed by atoms with Crippen molar-refractivity contribution in [2.75, 3.05) is 0 Å². The maximum atomic E-state index is 5.92. The van der Waals surface area contributed by atoms with Gasteiger partial charge in [0, 0.05) is 23.2 Å². The first kappa shape index (κ1) is 14.1. The SMILES string of the molecule is Cc1cn2c(CN)c(-c3ccc(OC(C)C)cc3)nc2s1. The molecule has 5 heteroatoms. The molecule has 0 saturated carbocycles. The third-order valence-corrected chi connectivity index (χ3v) is 4.13. The van der Waals surface area contributed by atoms with E-state index in [0.29, 0.717) is 6.54 Å². The molecule has 3 aromatic rings. The van der Waals surface area contributed by atoms with E-state index >= 15 is 0 Å². The Morgan fingerprint density at radius 3 is 2.62 bits per heavy atom. The van der Waals surface area contributed by atoms with Gasteiger partial charge in [0.1, 0.15) is 5.75 Å². The van der Waals surface area contributed by atoms with Gasteiger partial charge in [0.15, 0.2) is 4.96 Å². The molecule has 3 rings (SSSR count). The normalized spacial score (nSPS) is 11.5. The van der Waals surface area contributed by atoms with E-state index < -0.39 is 0 Å². The zero-order valence-electron chi connectivity index (χ0n) is 12.5. The summed E-state index contributed by atoms with van der Waals surface area (Å²) in [6.07, 6.45) is 2.27. The number of nitrogens with two attached hydrogens (primary N) is 1. The number of hydrogen-bond donors (Lipinski definition) is 1. The molecule has 0 fully saturated rings. The van der Waals surface area contributed by atoms with Crippen molar-refractivity contribution >= 4 is 16.3 Å². The molecule has 0 radical (unpaired) electrons. The third-order valence-electron chi connectivity index (χ3n) is 3.23. The number of imidazole rings is 1. The summed E-state index contributed by atoms with van der Waals surface area (Å²) in [6, 6.07) is 8.04. The number of aromatic nitrogens is 2. The third kappa shape index (κ3) is 2.66. The van der Waals surface area contributed by atoms with Crippen molar-refractivity contribution < 1.29 is 4.74 Å². The second-order valence-corrected chi connectivity index (χ2v) is 6.51. The molecule has 2 heterocycles. The van der Waals surface area contributed by atoms with E-state index in [-0.39, 0.29) is 6.10 Å². The Hall–Kier alpha value is -1.85. The van der Waals surface area contributed by atoms with Gasteiger partial charge in [0.25, 0.3) is 0 Å². The van der Waals surface area contributed by atoms with Crippen LogP contribution in [0.5, 0.6) is 5.75 Å². The molecule has 2 N–H and O–H groups in total. The number of fused-ring (bicyclic) bond motifs is 1. The predicted octanol–water partition coefficient (Wildman–Crippen LogP) is 3.62. The van der Waals surface area contributed by atoms with Gasteiger partial charge in [-0.2, -0.15) is 0 Å². The van der Waals surface area contributed by atoms with Crippen LogP contribution in [0.2, 0.25) is 0 Å². The zero-order valence-corrected chi connectivity index (χ0v) is 13.3. The highest BCUT2D eigenvalue weighted by Crippen LogP contribution is 2.29. The number of hydrogen-bond acceptors (Lipinski definition) is 4. The molecule has 1 aromatic carbocycles. The van der Waals surface area contributed by atoms with Crippen molar-refractivity contribution in [2.45, 2.75) is 33.4 Å². The number of rotatable bonds is 4. The molecule has 0 aliphatic heterocycles. The minimum absolute atomic E-state index is 0.177. The molecule has 0 unspecified atom stereocenters. The monoisotopic (exact) mass is 301 g/mol. The predicted molar refractivity (Wildman–Crippen MR) is 86.9 cm³/mol. The zero-order chi connectivity index (χ0) is 15.0. The summed E-state index contributed by atoms with van der Waals surface area (Å²) in [7, 11) is 0. The van der Waals surface area contributed by atoms with E-state index in [1.165, 1.54) is 4.88 Å². The van der Waals surface area contributed by atoms with Gasteiger partial charge in [0.2, 0.25) is 0 Å². The van der Waals surface area contributed by atoms with Crippen LogP contribution in [0.25, 0.3) is 16.2 Å². The molecular weight excluding hydrogens is 282 g/mol. The maximum absolute atomic E-state index is 5.92. The number of aryl methyl sites for hydroxylation is 1. The Labute approximate surface area is 128 Å². The van der Waals surface area contributed by atoms with Crippen LogP contribution < -0.4 is 10.5 Å². The minimum Gasteiger partial charge on any atom is -0.491 e. The van der Waals surface area contributed by atoms with E-state index in [0.717, 1.165) is 27.7 Å². The lowest BCUT2D eigenvalue weighted by molar-refractivity contribution is 0.242. The molecule has 0 saturated heterocycles. The van der Waals surface area contributed by atoms with Gasteiger partial charge in [-0.05, 0) is 45.0 Å². The Bertz CT molecular complexity index is 756. The van der Waals surface area contributed by atoms with Crippen molar-refractivity contribution in [3.63, 3.8) is 0 Å². The van der Waals surface area contributed by atoms with Crippen LogP contribution in [-0.2, 0) is 6.54 Å². The van der Waals surface area contributed by atoms with Crippen LogP contribution >= 0.6 is 11.3 Å². The molecule has 0 amide bonds. The number of benzene rings is 1. The molecule has 0 aliphatic rings. The lowest BCUT2D eigenvalue weighted by Crippen LogP contribution is -2.05. The van der Waals surface area contributed by atoms with E-state index in [1.54, 1.807) is 11.3 Å². The molecular formula is C16H19N3OS. The second-order valence-electron chi connectivity index (χ2n) is 5.30. The first-order chi connectivity index (χ1) is 10.1. The quantitative estimate of drug-likeness (QED) is 0.801. The Morgan fingerprint density at radius 1 is 1.29 bits per heavy atom. The van der Waals surface area contributed by atoms with Crippen LogP contribution in [0, 0.1) is 6.92 Å². The van der Waals surface area contributed by atoms with Crippen molar-refractivity contribution in [2.24, 2.45) is 5.73 Å². The maximum Gasteiger partial charge on any atom is 0.194 e. The van der Waals surface area contributed by atoms with Crippen molar-refractivity contribution in [1.29, 1.82) is 0 Å². The highest BCUT2D eigenvalue weighted by molar-refractivity contribution is 7.17. The standard InChI is InChI=1S/C16H19N3OS/c1-10(2)20-13-6-4-12(5-7-13)15-14(8-17)19-9-11(3)21-16(19)18-15/h4-7,9-10H,8,17H2,1-3H3. The Kier molecular flexibility index (Phi) is 3.69. The fourth-order valence-electron chi connectivity index (χ4n) is 2.39. The lowest BCUT2D eigenvalue weighted by Gasteiger charge is -2.10. The largest absolute Gasteiger partial charge is 0.491 e. The van der Waals surface area contributed by atoms with Gasteiger partial charge in [-0.3, -0.25) is 4.40 Å². The fourth-order valence-corrected chi connectivity index (χ4v) is 3.23. The summed E-state index contributed by atoms with van der Waals surface area (Å²) in [5.74, 6) is 0.875. The summed E-state index contributed by atoms with van der Waals surface area (Å²) in [6.45, 7) is 6.59. The first-order valence-corrected chi connectivity index (χ1v) is 7.84. The highest BCUT2D eigenvalue weighted by atomic mass is 32.1. The summed E-state index contributed by atoms with van der Waals surface area (Å²) < 4.78 is 7.76. The lowest BCUT2D eigenvalue weighted by atomic mass is 10.1.